The average Bonchev–Trinajstić information content (AvgIpc) is 2.74. The molecule has 4 heteroatoms. The summed E-state index contributed by atoms with van der Waals surface area (Å²) in [6.45, 7) is 5.55. The Bertz CT molecular complexity index is 556. The highest BCUT2D eigenvalue weighted by Crippen LogP contribution is 2.37. The number of nitrogens with zero attached hydrogens (tertiary/aromatic N) is 1. The molecular weight excluding hydrogens is 264 g/mol. The lowest BCUT2D eigenvalue weighted by Crippen LogP contribution is -2.51. The number of rotatable bonds is 1. The molecule has 3 heterocycles. The van der Waals surface area contributed by atoms with Crippen molar-refractivity contribution in [2.75, 3.05) is 44.4 Å². The molecular formula is C17H22N2O2. The largest absolute Gasteiger partial charge is 0.491 e. The zero-order valence-corrected chi connectivity index (χ0v) is 12.3. The van der Waals surface area contributed by atoms with Crippen LogP contribution in [0.1, 0.15) is 18.4 Å². The van der Waals surface area contributed by atoms with Crippen molar-refractivity contribution in [3.05, 3.63) is 29.8 Å². The zero-order chi connectivity index (χ0) is 14.1. The minimum Gasteiger partial charge on any atom is -0.491 e. The molecule has 0 amide bonds. The van der Waals surface area contributed by atoms with E-state index in [1.165, 1.54) is 16.8 Å². The molecule has 1 atom stereocenters. The van der Waals surface area contributed by atoms with Crippen molar-refractivity contribution >= 4 is 11.3 Å². The first-order valence-corrected chi connectivity index (χ1v) is 7.93. The first-order chi connectivity index (χ1) is 10.4. The molecule has 1 aromatic carbocycles. The average molecular weight is 286 g/mol. The van der Waals surface area contributed by atoms with Crippen LogP contribution in [0.15, 0.2) is 24.3 Å². The maximum absolute atomic E-state index is 5.97. The Morgan fingerprint density at radius 2 is 2.24 bits per heavy atom. The van der Waals surface area contributed by atoms with E-state index in [-0.39, 0.29) is 0 Å². The van der Waals surface area contributed by atoms with E-state index in [1.807, 2.05) is 0 Å². The molecule has 4 nitrogen and oxygen atoms in total. The third-order valence-corrected chi connectivity index (χ3v) is 4.66. The Kier molecular flexibility index (Phi) is 3.57. The minimum atomic E-state index is 0.555. The molecule has 1 fully saturated rings. The number of benzene rings is 1. The highest BCUT2D eigenvalue weighted by molar-refractivity contribution is 5.73. The van der Waals surface area contributed by atoms with Crippen molar-refractivity contribution in [1.29, 1.82) is 0 Å². The van der Waals surface area contributed by atoms with Gasteiger partial charge in [-0.05, 0) is 29.7 Å². The van der Waals surface area contributed by atoms with Gasteiger partial charge in [-0.15, -0.1) is 0 Å². The molecule has 0 radical (unpaired) electrons. The van der Waals surface area contributed by atoms with Crippen LogP contribution in [0.2, 0.25) is 0 Å². The molecule has 0 spiro atoms. The fourth-order valence-electron chi connectivity index (χ4n) is 3.49. The van der Waals surface area contributed by atoms with E-state index in [0.717, 1.165) is 58.0 Å². The molecule has 1 aromatic rings. The summed E-state index contributed by atoms with van der Waals surface area (Å²) in [5, 5.41) is 3.50. The van der Waals surface area contributed by atoms with Gasteiger partial charge in [0.2, 0.25) is 0 Å². The van der Waals surface area contributed by atoms with E-state index in [4.69, 9.17) is 9.47 Å². The zero-order valence-electron chi connectivity index (χ0n) is 12.3. The van der Waals surface area contributed by atoms with Crippen LogP contribution < -0.4 is 15.0 Å². The quantitative estimate of drug-likeness (QED) is 0.857. The number of nitrogens with one attached hydrogen (secondary N) is 1. The van der Waals surface area contributed by atoms with E-state index in [0.29, 0.717) is 6.04 Å². The van der Waals surface area contributed by atoms with Gasteiger partial charge in [0.05, 0.1) is 25.5 Å². The second-order valence-electron chi connectivity index (χ2n) is 5.93. The van der Waals surface area contributed by atoms with E-state index >= 15 is 0 Å². The highest BCUT2D eigenvalue weighted by atomic mass is 16.5. The highest BCUT2D eigenvalue weighted by Gasteiger charge is 2.27. The summed E-state index contributed by atoms with van der Waals surface area (Å²) in [6, 6.07) is 7.21. The van der Waals surface area contributed by atoms with Crippen molar-refractivity contribution in [1.82, 2.24) is 5.32 Å². The Balaban J connectivity index is 1.71. The van der Waals surface area contributed by atoms with Gasteiger partial charge < -0.3 is 19.7 Å². The second-order valence-corrected chi connectivity index (χ2v) is 5.93. The van der Waals surface area contributed by atoms with Crippen LogP contribution in [0.25, 0.3) is 5.57 Å². The van der Waals surface area contributed by atoms with Crippen LogP contribution >= 0.6 is 0 Å². The van der Waals surface area contributed by atoms with Gasteiger partial charge in [0, 0.05) is 32.1 Å². The Hall–Kier alpha value is -1.52. The van der Waals surface area contributed by atoms with Crippen molar-refractivity contribution in [2.24, 2.45) is 0 Å². The third-order valence-electron chi connectivity index (χ3n) is 4.66. The molecule has 3 aliphatic rings. The van der Waals surface area contributed by atoms with Crippen LogP contribution in [0, 0.1) is 0 Å². The predicted octanol–water partition coefficient (Wildman–Crippen LogP) is 2.05. The Labute approximate surface area is 125 Å². The molecule has 0 aromatic heterocycles. The summed E-state index contributed by atoms with van der Waals surface area (Å²) in [4.78, 5) is 2.53. The van der Waals surface area contributed by atoms with E-state index in [9.17, 15) is 0 Å². The lowest BCUT2D eigenvalue weighted by molar-refractivity contribution is 0.161. The molecule has 0 saturated carbocycles. The molecule has 3 aliphatic heterocycles. The molecule has 4 rings (SSSR count). The molecule has 0 bridgehead atoms. The lowest BCUT2D eigenvalue weighted by Gasteiger charge is -2.36. The van der Waals surface area contributed by atoms with Gasteiger partial charge in [-0.25, -0.2) is 0 Å². The van der Waals surface area contributed by atoms with Crippen LogP contribution in [0.3, 0.4) is 0 Å². The molecule has 112 valence electrons. The van der Waals surface area contributed by atoms with Gasteiger partial charge in [-0.2, -0.15) is 0 Å². The number of piperazine rings is 1. The summed E-state index contributed by atoms with van der Waals surface area (Å²) >= 11 is 0. The molecule has 21 heavy (non-hydrogen) atoms. The second kappa shape index (κ2) is 5.70. The summed E-state index contributed by atoms with van der Waals surface area (Å²) < 4.78 is 11.4. The van der Waals surface area contributed by atoms with Crippen LogP contribution in [0.4, 0.5) is 5.69 Å². The fraction of sp³-hybridized carbons (Fsp3) is 0.529. The number of ether oxygens (including phenoxy) is 2. The lowest BCUT2D eigenvalue weighted by atomic mass is 9.99. The van der Waals surface area contributed by atoms with Crippen molar-refractivity contribution in [3.8, 4) is 5.75 Å². The first kappa shape index (κ1) is 13.2. The van der Waals surface area contributed by atoms with Crippen molar-refractivity contribution in [3.63, 3.8) is 0 Å². The van der Waals surface area contributed by atoms with Gasteiger partial charge in [0.25, 0.3) is 0 Å². The van der Waals surface area contributed by atoms with Gasteiger partial charge in [-0.3, -0.25) is 0 Å². The van der Waals surface area contributed by atoms with Gasteiger partial charge >= 0.3 is 0 Å². The number of hydrogen-bond donors (Lipinski definition) is 1. The SMILES string of the molecule is C1=C(c2ccc3c(c2)N2CCNC[C@@H]2CCO3)CCOC1. The molecule has 0 unspecified atom stereocenters. The third kappa shape index (κ3) is 2.54. The van der Waals surface area contributed by atoms with Crippen LogP contribution in [0.5, 0.6) is 5.75 Å². The standard InChI is InChI=1S/C17H22N2O2/c1-2-17-16(11-14(1)13-3-8-20-9-4-13)19-7-6-18-12-15(19)5-10-21-17/h1-3,11,15,18H,4-10,12H2/t15-/m0/s1. The number of hydrogen-bond acceptors (Lipinski definition) is 4. The minimum absolute atomic E-state index is 0.555. The van der Waals surface area contributed by atoms with E-state index in [2.05, 4.69) is 34.5 Å². The Morgan fingerprint density at radius 3 is 3.14 bits per heavy atom. The van der Waals surface area contributed by atoms with Gasteiger partial charge in [0.1, 0.15) is 5.75 Å². The number of anilines is 1. The molecule has 0 aliphatic carbocycles. The van der Waals surface area contributed by atoms with Crippen molar-refractivity contribution in [2.45, 2.75) is 18.9 Å². The summed E-state index contributed by atoms with van der Waals surface area (Å²) in [6.07, 6.45) is 4.30. The van der Waals surface area contributed by atoms with Crippen LogP contribution in [-0.2, 0) is 4.74 Å². The van der Waals surface area contributed by atoms with E-state index < -0.39 is 0 Å². The van der Waals surface area contributed by atoms with Gasteiger partial charge in [0.15, 0.2) is 0 Å². The predicted molar refractivity (Wildman–Crippen MR) is 84.0 cm³/mol. The maximum atomic E-state index is 5.97. The monoisotopic (exact) mass is 286 g/mol. The van der Waals surface area contributed by atoms with E-state index in [1.54, 1.807) is 0 Å². The Morgan fingerprint density at radius 1 is 1.24 bits per heavy atom. The normalized spacial score (nSPS) is 25.2. The molecule has 1 saturated heterocycles. The summed E-state index contributed by atoms with van der Waals surface area (Å²) in [7, 11) is 0. The first-order valence-electron chi connectivity index (χ1n) is 7.93. The maximum Gasteiger partial charge on any atom is 0.142 e. The molecule has 1 N–H and O–H groups in total. The summed E-state index contributed by atoms with van der Waals surface area (Å²) in [5.74, 6) is 1.04. The van der Waals surface area contributed by atoms with Crippen LogP contribution in [-0.4, -0.2) is 45.5 Å². The summed E-state index contributed by atoms with van der Waals surface area (Å²) in [5.41, 5.74) is 3.99. The number of fused-ring (bicyclic) bond motifs is 3. The topological polar surface area (TPSA) is 33.7 Å². The van der Waals surface area contributed by atoms with Crippen molar-refractivity contribution < 1.29 is 9.47 Å². The smallest absolute Gasteiger partial charge is 0.142 e. The fourth-order valence-corrected chi connectivity index (χ4v) is 3.49. The van der Waals surface area contributed by atoms with Gasteiger partial charge in [-0.1, -0.05) is 12.1 Å².